The smallest absolute Gasteiger partial charge is 0.340 e. The number of aliphatic hydroxyl groups excluding tert-OH is 4. The third-order valence-corrected chi connectivity index (χ3v) is 15.2. The average molecular weight is 813 g/mol. The first kappa shape index (κ1) is 44.7. The van der Waals surface area contributed by atoms with Crippen molar-refractivity contribution in [1.29, 1.82) is 0 Å². The Morgan fingerprint density at radius 1 is 0.930 bits per heavy atom. The Kier molecular flexibility index (Phi) is 15.1. The van der Waals surface area contributed by atoms with Crippen LogP contribution in [0.25, 0.3) is 0 Å². The van der Waals surface area contributed by atoms with Crippen molar-refractivity contribution >= 4 is 17.5 Å². The first-order valence-corrected chi connectivity index (χ1v) is 21.8. The summed E-state index contributed by atoms with van der Waals surface area (Å²) in [6, 6.07) is 0. The first-order valence-electron chi connectivity index (χ1n) is 21.8. The van der Waals surface area contributed by atoms with Gasteiger partial charge in [0.15, 0.2) is 6.29 Å². The molecule has 3 saturated heterocycles. The van der Waals surface area contributed by atoms with Crippen LogP contribution in [0.5, 0.6) is 0 Å². The molecular weight excluding hydrogens is 738 g/mol. The van der Waals surface area contributed by atoms with E-state index in [-0.39, 0.29) is 60.4 Å². The number of hydrogen-bond acceptors (Lipinski definition) is 12. The van der Waals surface area contributed by atoms with E-state index in [0.29, 0.717) is 37.7 Å². The second-order valence-electron chi connectivity index (χ2n) is 18.3. The van der Waals surface area contributed by atoms with E-state index in [2.05, 4.69) is 20.9 Å². The Labute approximate surface area is 336 Å². The molecule has 19 atom stereocenters. The van der Waals surface area contributed by atoms with Crippen molar-refractivity contribution in [3.63, 3.8) is 0 Å². The minimum atomic E-state index is -1.97. The molecule has 6 aliphatic rings. The number of Topliss-reactive ketones (excluding diaryl/α,β-unsaturated/α-hetero) is 2. The van der Waals surface area contributed by atoms with Crippen LogP contribution >= 0.6 is 0 Å². The molecule has 3 saturated carbocycles. The van der Waals surface area contributed by atoms with Gasteiger partial charge in [-0.2, -0.15) is 0 Å². The van der Waals surface area contributed by atoms with Crippen LogP contribution in [0.4, 0.5) is 0 Å². The topological polar surface area (TPSA) is 300 Å². The molecule has 0 aromatic rings. The third kappa shape index (κ3) is 9.25. The predicted molar refractivity (Wildman–Crippen MR) is 206 cm³/mol. The van der Waals surface area contributed by atoms with E-state index in [0.717, 1.165) is 51.6 Å². The standard InChI is InChI=1S/C40H71N7O10/c1-4-22-25(55-3)15-26(56-38-36(52)37(53)40(54,27(18-48)57-38)11-9-19-10-12-45-29(42)13-19)32-30(22)33(49)23-14-21(7-5-20-6-8-28(41)46-16-20)24(17-47-39(43)44-2)34(50)31(23)35(32)51/h19-32,34,36-38,45-46,48,50,52-54H,4-18,41-42H2,1-3H3,(H3,43,44,47)/p+3. The molecule has 0 bridgehead atoms. The number of rotatable bonds is 13. The van der Waals surface area contributed by atoms with E-state index in [4.69, 9.17) is 31.4 Å². The fourth-order valence-electron chi connectivity index (χ4n) is 11.8. The highest BCUT2D eigenvalue weighted by atomic mass is 16.7. The number of nitrogens with one attached hydrogen (secondary N) is 2. The summed E-state index contributed by atoms with van der Waals surface area (Å²) >= 11 is 0. The van der Waals surface area contributed by atoms with Crippen LogP contribution in [0.2, 0.25) is 0 Å². The Hall–Kier alpha value is -1.87. The molecule has 19 unspecified atom stereocenters. The van der Waals surface area contributed by atoms with E-state index in [9.17, 15) is 30.3 Å². The van der Waals surface area contributed by atoms with Gasteiger partial charge < -0.3 is 50.4 Å². The lowest BCUT2D eigenvalue weighted by molar-refractivity contribution is -0.703. The number of carbonyl (C=O) groups is 2. The molecular formula is C40H74N7O10+3. The van der Waals surface area contributed by atoms with Gasteiger partial charge in [-0.1, -0.05) is 13.3 Å². The molecule has 3 aliphatic heterocycles. The summed E-state index contributed by atoms with van der Waals surface area (Å²) < 4.78 is 18.5. The van der Waals surface area contributed by atoms with Crippen molar-refractivity contribution in [2.75, 3.05) is 40.4 Å². The van der Waals surface area contributed by atoms with E-state index in [1.807, 2.05) is 6.92 Å². The van der Waals surface area contributed by atoms with Gasteiger partial charge in [0.05, 0.1) is 63.4 Å². The van der Waals surface area contributed by atoms with Gasteiger partial charge in [-0.05, 0) is 62.7 Å². The average Bonchev–Trinajstić information content (AvgIpc) is 3.20. The maximum atomic E-state index is 15.0. The SMILES string of the molecule is CCC1C(OC)CC(OC2OC(CO)C(O)(CCC3CC[NH2+]C(N)C3)C(O)C2O)C2C(=O)C3C(CC(CCC4CCC(N)[NH2+]C4)C(CNC(N)=[NH+]C)C3O)C(=O)C12. The molecule has 17 nitrogen and oxygen atoms in total. The molecule has 17 N–H and O–H groups in total. The van der Waals surface area contributed by atoms with Gasteiger partial charge >= 0.3 is 5.96 Å². The fourth-order valence-corrected chi connectivity index (χ4v) is 11.8. The van der Waals surface area contributed by atoms with Gasteiger partial charge in [0, 0.05) is 50.0 Å². The van der Waals surface area contributed by atoms with Crippen LogP contribution in [0, 0.1) is 53.3 Å². The summed E-state index contributed by atoms with van der Waals surface area (Å²) in [6.07, 6.45) is -1.63. The fraction of sp³-hybridized carbons (Fsp3) is 0.925. The molecule has 17 heteroatoms. The number of piperidine rings is 2. The molecule has 0 amide bonds. The third-order valence-electron chi connectivity index (χ3n) is 15.2. The Bertz CT molecular complexity index is 1390. The van der Waals surface area contributed by atoms with E-state index >= 15 is 4.79 Å². The Morgan fingerprint density at radius 2 is 1.70 bits per heavy atom. The van der Waals surface area contributed by atoms with Crippen LogP contribution in [-0.2, 0) is 23.8 Å². The Balaban J connectivity index is 1.23. The van der Waals surface area contributed by atoms with Crippen LogP contribution in [0.15, 0.2) is 0 Å². The van der Waals surface area contributed by atoms with Gasteiger partial charge in [-0.15, -0.1) is 0 Å². The summed E-state index contributed by atoms with van der Waals surface area (Å²) in [5, 5.41) is 64.8. The zero-order valence-electron chi connectivity index (χ0n) is 34.2. The van der Waals surface area contributed by atoms with Crippen molar-refractivity contribution in [3.05, 3.63) is 0 Å². The zero-order chi connectivity index (χ0) is 41.2. The lowest BCUT2D eigenvalue weighted by Crippen LogP contribution is -2.95. The van der Waals surface area contributed by atoms with Crippen molar-refractivity contribution in [3.8, 4) is 0 Å². The summed E-state index contributed by atoms with van der Waals surface area (Å²) in [5.74, 6) is -3.37. The van der Waals surface area contributed by atoms with E-state index < -0.39 is 78.8 Å². The molecule has 0 radical (unpaired) electrons. The second-order valence-corrected chi connectivity index (χ2v) is 18.3. The summed E-state index contributed by atoms with van der Waals surface area (Å²) in [4.78, 5) is 32.8. The van der Waals surface area contributed by atoms with Gasteiger partial charge in [0.2, 0.25) is 0 Å². The van der Waals surface area contributed by atoms with Crippen LogP contribution in [0.1, 0.15) is 77.6 Å². The number of carbonyl (C=O) groups excluding carboxylic acids is 2. The molecule has 57 heavy (non-hydrogen) atoms. The number of quaternary nitrogens is 2. The van der Waals surface area contributed by atoms with Crippen molar-refractivity contribution in [2.45, 2.75) is 138 Å². The molecule has 6 fully saturated rings. The highest BCUT2D eigenvalue weighted by Gasteiger charge is 2.64. The van der Waals surface area contributed by atoms with E-state index in [1.165, 1.54) is 0 Å². The normalized spacial score (nSPS) is 46.9. The second kappa shape index (κ2) is 19.2. The summed E-state index contributed by atoms with van der Waals surface area (Å²) in [5.41, 5.74) is 16.4. The summed E-state index contributed by atoms with van der Waals surface area (Å²) in [7, 11) is 3.27. The molecule has 6 rings (SSSR count). The van der Waals surface area contributed by atoms with Gasteiger partial charge in [0.25, 0.3) is 0 Å². The molecule has 0 aromatic carbocycles. The van der Waals surface area contributed by atoms with Crippen molar-refractivity contribution in [2.24, 2.45) is 70.5 Å². The van der Waals surface area contributed by atoms with Crippen LogP contribution in [0.3, 0.4) is 0 Å². The molecule has 3 heterocycles. The summed E-state index contributed by atoms with van der Waals surface area (Å²) in [6.45, 7) is 3.44. The van der Waals surface area contributed by atoms with Gasteiger partial charge in [-0.3, -0.25) is 37.1 Å². The predicted octanol–water partition coefficient (Wildman–Crippen LogP) is -5.71. The number of ketones is 2. The lowest BCUT2D eigenvalue weighted by Gasteiger charge is -2.55. The molecule has 0 aromatic heterocycles. The number of fused-ring (bicyclic) bond motifs is 2. The van der Waals surface area contributed by atoms with Crippen LogP contribution in [-0.4, -0.2) is 144 Å². The zero-order valence-corrected chi connectivity index (χ0v) is 34.2. The number of methoxy groups -OCH3 is 1. The minimum Gasteiger partial charge on any atom is -0.394 e. The monoisotopic (exact) mass is 813 g/mol. The molecule has 3 aliphatic carbocycles. The number of guanidine groups is 1. The highest BCUT2D eigenvalue weighted by molar-refractivity contribution is 6.01. The first-order chi connectivity index (χ1) is 27.3. The van der Waals surface area contributed by atoms with Crippen molar-refractivity contribution in [1.82, 2.24) is 5.32 Å². The molecule has 326 valence electrons. The minimum absolute atomic E-state index is 0.0362. The lowest BCUT2D eigenvalue weighted by atomic mass is 9.51. The number of nitrogens with two attached hydrogens (primary N) is 5. The maximum absolute atomic E-state index is 15.0. The Morgan fingerprint density at radius 3 is 2.35 bits per heavy atom. The molecule has 0 spiro atoms. The highest BCUT2D eigenvalue weighted by Crippen LogP contribution is 2.53. The van der Waals surface area contributed by atoms with Gasteiger partial charge in [-0.25, -0.2) is 0 Å². The van der Waals surface area contributed by atoms with Crippen LogP contribution < -0.4 is 38.1 Å². The number of ether oxygens (including phenoxy) is 3. The van der Waals surface area contributed by atoms with Gasteiger partial charge in [0.1, 0.15) is 47.8 Å². The van der Waals surface area contributed by atoms with Crippen molar-refractivity contribution < 1.29 is 65.0 Å². The number of aliphatic hydroxyl groups is 5. The number of hydrogen-bond donors (Lipinski definition) is 12. The quantitative estimate of drug-likeness (QED) is 0.0610. The maximum Gasteiger partial charge on any atom is 0.340 e. The van der Waals surface area contributed by atoms with E-state index in [1.54, 1.807) is 14.2 Å². The largest absolute Gasteiger partial charge is 0.394 e.